The van der Waals surface area contributed by atoms with Gasteiger partial charge in [0.15, 0.2) is 6.61 Å². The van der Waals surface area contributed by atoms with Crippen LogP contribution in [0.4, 0.5) is 18.9 Å². The Morgan fingerprint density at radius 1 is 1.44 bits per heavy atom. The minimum atomic E-state index is -4.40. The molecule has 1 rings (SSSR count). The number of carbonyl (C=O) groups excluding carboxylic acids is 1. The Labute approximate surface area is 90.2 Å². The van der Waals surface area contributed by atoms with Crippen molar-refractivity contribution < 1.29 is 22.7 Å². The predicted octanol–water partition coefficient (Wildman–Crippen LogP) is 2.50. The first kappa shape index (κ1) is 12.4. The molecule has 0 unspecified atom stereocenters. The van der Waals surface area contributed by atoms with Gasteiger partial charge in [0.1, 0.15) is 5.75 Å². The second-order valence-corrected chi connectivity index (χ2v) is 3.17. The van der Waals surface area contributed by atoms with E-state index in [4.69, 9.17) is 0 Å². The van der Waals surface area contributed by atoms with Gasteiger partial charge in [-0.05, 0) is 24.6 Å². The van der Waals surface area contributed by atoms with Crippen LogP contribution in [0.3, 0.4) is 0 Å². The maximum absolute atomic E-state index is 11.9. The van der Waals surface area contributed by atoms with Crippen molar-refractivity contribution >= 4 is 12.1 Å². The number of anilines is 1. The molecule has 0 radical (unpaired) electrons. The first-order valence-electron chi connectivity index (χ1n) is 4.43. The summed E-state index contributed by atoms with van der Waals surface area (Å²) < 4.78 is 40.3. The molecular formula is C10H10F3NO2. The molecule has 0 atom stereocenters. The molecule has 0 aliphatic heterocycles. The fourth-order valence-electron chi connectivity index (χ4n) is 1.11. The third-order valence-corrected chi connectivity index (χ3v) is 1.74. The van der Waals surface area contributed by atoms with Crippen LogP contribution in [0.2, 0.25) is 0 Å². The normalized spacial score (nSPS) is 11.0. The summed E-state index contributed by atoms with van der Waals surface area (Å²) in [5.74, 6) is -0.00461. The van der Waals surface area contributed by atoms with Gasteiger partial charge >= 0.3 is 6.18 Å². The van der Waals surface area contributed by atoms with Crippen molar-refractivity contribution in [3.8, 4) is 5.75 Å². The van der Waals surface area contributed by atoms with Gasteiger partial charge in [-0.15, -0.1) is 0 Å². The smallest absolute Gasteiger partial charge is 0.422 e. The van der Waals surface area contributed by atoms with Crippen LogP contribution in [-0.2, 0) is 4.79 Å². The van der Waals surface area contributed by atoms with E-state index in [0.717, 1.165) is 5.56 Å². The zero-order valence-electron chi connectivity index (χ0n) is 8.47. The highest BCUT2D eigenvalue weighted by atomic mass is 19.4. The molecule has 0 aliphatic rings. The SMILES string of the molecule is Cc1ccc(OCC(F)(F)F)c(NC=O)c1. The molecule has 0 heterocycles. The lowest BCUT2D eigenvalue weighted by atomic mass is 10.2. The zero-order chi connectivity index (χ0) is 12.2. The number of hydrogen-bond donors (Lipinski definition) is 1. The molecule has 0 saturated heterocycles. The van der Waals surface area contributed by atoms with Gasteiger partial charge < -0.3 is 10.1 Å². The second-order valence-electron chi connectivity index (χ2n) is 3.17. The number of aryl methyl sites for hydroxylation is 1. The highest BCUT2D eigenvalue weighted by molar-refractivity contribution is 5.75. The third-order valence-electron chi connectivity index (χ3n) is 1.74. The van der Waals surface area contributed by atoms with Gasteiger partial charge in [-0.3, -0.25) is 4.79 Å². The molecule has 16 heavy (non-hydrogen) atoms. The highest BCUT2D eigenvalue weighted by Crippen LogP contribution is 2.27. The highest BCUT2D eigenvalue weighted by Gasteiger charge is 2.28. The summed E-state index contributed by atoms with van der Waals surface area (Å²) in [6, 6.07) is 4.51. The van der Waals surface area contributed by atoms with E-state index in [1.165, 1.54) is 12.1 Å². The average molecular weight is 233 g/mol. The predicted molar refractivity (Wildman–Crippen MR) is 52.4 cm³/mol. The van der Waals surface area contributed by atoms with Crippen molar-refractivity contribution in [1.82, 2.24) is 0 Å². The van der Waals surface area contributed by atoms with Crippen molar-refractivity contribution in [1.29, 1.82) is 0 Å². The van der Waals surface area contributed by atoms with E-state index < -0.39 is 12.8 Å². The van der Waals surface area contributed by atoms with Crippen molar-refractivity contribution in [3.05, 3.63) is 23.8 Å². The molecule has 0 spiro atoms. The molecule has 0 aromatic heterocycles. The Balaban J connectivity index is 2.82. The molecule has 1 N–H and O–H groups in total. The molecule has 0 bridgehead atoms. The van der Waals surface area contributed by atoms with Gasteiger partial charge in [0.2, 0.25) is 6.41 Å². The minimum Gasteiger partial charge on any atom is -0.482 e. The van der Waals surface area contributed by atoms with E-state index in [1.807, 2.05) is 0 Å². The van der Waals surface area contributed by atoms with E-state index >= 15 is 0 Å². The Morgan fingerprint density at radius 2 is 2.12 bits per heavy atom. The molecule has 1 amide bonds. The van der Waals surface area contributed by atoms with Gasteiger partial charge in [0, 0.05) is 0 Å². The van der Waals surface area contributed by atoms with E-state index in [2.05, 4.69) is 10.1 Å². The summed E-state index contributed by atoms with van der Waals surface area (Å²) in [5.41, 5.74) is 1.03. The summed E-state index contributed by atoms with van der Waals surface area (Å²) in [5, 5.41) is 2.28. The standard InChI is InChI=1S/C10H10F3NO2/c1-7-2-3-9(8(4-7)14-6-15)16-5-10(11,12)13/h2-4,6H,5H2,1H3,(H,14,15). The number of amides is 1. The number of halogens is 3. The van der Waals surface area contributed by atoms with E-state index in [-0.39, 0.29) is 11.4 Å². The summed E-state index contributed by atoms with van der Waals surface area (Å²) >= 11 is 0. The lowest BCUT2D eigenvalue weighted by molar-refractivity contribution is -0.153. The van der Waals surface area contributed by atoms with Crippen LogP contribution in [0.5, 0.6) is 5.75 Å². The number of alkyl halides is 3. The van der Waals surface area contributed by atoms with Gasteiger partial charge in [0.05, 0.1) is 5.69 Å². The lowest BCUT2D eigenvalue weighted by Crippen LogP contribution is -2.19. The summed E-state index contributed by atoms with van der Waals surface area (Å²) in [7, 11) is 0. The molecule has 3 nitrogen and oxygen atoms in total. The van der Waals surface area contributed by atoms with Crippen LogP contribution in [0.15, 0.2) is 18.2 Å². The topological polar surface area (TPSA) is 38.3 Å². The first-order valence-corrected chi connectivity index (χ1v) is 4.43. The maximum atomic E-state index is 11.9. The molecule has 0 fully saturated rings. The fraction of sp³-hybridized carbons (Fsp3) is 0.300. The summed E-state index contributed by atoms with van der Waals surface area (Å²) in [6.07, 6.45) is -4.02. The quantitative estimate of drug-likeness (QED) is 0.811. The van der Waals surface area contributed by atoms with Gasteiger partial charge in [-0.1, -0.05) is 6.07 Å². The van der Waals surface area contributed by atoms with E-state index in [9.17, 15) is 18.0 Å². The second kappa shape index (κ2) is 4.87. The number of carbonyl (C=O) groups is 1. The number of benzene rings is 1. The van der Waals surface area contributed by atoms with Crippen LogP contribution in [-0.4, -0.2) is 19.2 Å². The van der Waals surface area contributed by atoms with Gasteiger partial charge in [0.25, 0.3) is 0 Å². The Bertz CT molecular complexity index is 377. The number of hydrogen-bond acceptors (Lipinski definition) is 2. The van der Waals surface area contributed by atoms with Crippen LogP contribution in [0.25, 0.3) is 0 Å². The molecule has 1 aromatic carbocycles. The Hall–Kier alpha value is -1.72. The summed E-state index contributed by atoms with van der Waals surface area (Å²) in [6.45, 7) is 0.368. The molecule has 1 aromatic rings. The fourth-order valence-corrected chi connectivity index (χ4v) is 1.11. The molecule has 6 heteroatoms. The first-order chi connectivity index (χ1) is 7.42. The third kappa shape index (κ3) is 3.80. The molecular weight excluding hydrogens is 223 g/mol. The van der Waals surface area contributed by atoms with E-state index in [1.54, 1.807) is 13.0 Å². The van der Waals surface area contributed by atoms with Crippen LogP contribution >= 0.6 is 0 Å². The van der Waals surface area contributed by atoms with Gasteiger partial charge in [-0.25, -0.2) is 0 Å². The Kier molecular flexibility index (Phi) is 3.76. The monoisotopic (exact) mass is 233 g/mol. The average Bonchev–Trinajstić information content (AvgIpc) is 2.15. The summed E-state index contributed by atoms with van der Waals surface area (Å²) in [4.78, 5) is 10.3. The number of ether oxygens (including phenoxy) is 1. The van der Waals surface area contributed by atoms with E-state index in [0.29, 0.717) is 6.41 Å². The van der Waals surface area contributed by atoms with Crippen LogP contribution in [0.1, 0.15) is 5.56 Å². The largest absolute Gasteiger partial charge is 0.482 e. The zero-order valence-corrected chi connectivity index (χ0v) is 8.47. The van der Waals surface area contributed by atoms with Crippen molar-refractivity contribution in [2.75, 3.05) is 11.9 Å². The number of nitrogens with one attached hydrogen (secondary N) is 1. The van der Waals surface area contributed by atoms with Crippen molar-refractivity contribution in [2.24, 2.45) is 0 Å². The van der Waals surface area contributed by atoms with Crippen molar-refractivity contribution in [3.63, 3.8) is 0 Å². The minimum absolute atomic E-state index is 0.00461. The van der Waals surface area contributed by atoms with Crippen LogP contribution in [0, 0.1) is 6.92 Å². The Morgan fingerprint density at radius 3 is 2.69 bits per heavy atom. The lowest BCUT2D eigenvalue weighted by Gasteiger charge is -2.12. The molecule has 88 valence electrons. The molecule has 0 aliphatic carbocycles. The molecule has 0 saturated carbocycles. The maximum Gasteiger partial charge on any atom is 0.422 e. The van der Waals surface area contributed by atoms with Crippen molar-refractivity contribution in [2.45, 2.75) is 13.1 Å². The van der Waals surface area contributed by atoms with Gasteiger partial charge in [-0.2, -0.15) is 13.2 Å². The number of rotatable bonds is 4. The van der Waals surface area contributed by atoms with Crippen LogP contribution < -0.4 is 10.1 Å².